The molecule has 0 radical (unpaired) electrons. The van der Waals surface area contributed by atoms with E-state index < -0.39 is 11.9 Å². The number of nitrogens with one attached hydrogen (secondary N) is 1. The summed E-state index contributed by atoms with van der Waals surface area (Å²) in [4.78, 5) is 27.8. The number of carboxylic acid groups (broad SMARTS) is 1. The lowest BCUT2D eigenvalue weighted by molar-refractivity contribution is 0.0696. The van der Waals surface area contributed by atoms with Crippen molar-refractivity contribution in [2.45, 2.75) is 6.92 Å². The average Bonchev–Trinajstić information content (AvgIpc) is 2.64. The number of phenols is 1. The largest absolute Gasteiger partial charge is 0.507 e. The number of benzene rings is 2. The van der Waals surface area contributed by atoms with E-state index in [0.717, 1.165) is 0 Å². The molecule has 2 aromatic carbocycles. The van der Waals surface area contributed by atoms with E-state index in [1.54, 1.807) is 37.3 Å². The number of fused-ring (bicyclic) bond motifs is 1. The molecule has 0 unspecified atom stereocenters. The summed E-state index contributed by atoms with van der Waals surface area (Å²) in [7, 11) is 0. The molecule has 1 aromatic heterocycles. The van der Waals surface area contributed by atoms with Gasteiger partial charge in [0.2, 0.25) is 0 Å². The van der Waals surface area contributed by atoms with Crippen LogP contribution in [0, 0.1) is 6.92 Å². The van der Waals surface area contributed by atoms with Crippen LogP contribution in [0.25, 0.3) is 10.9 Å². The van der Waals surface area contributed by atoms with E-state index >= 15 is 0 Å². The van der Waals surface area contributed by atoms with Gasteiger partial charge in [0.15, 0.2) is 0 Å². The van der Waals surface area contributed by atoms with E-state index in [-0.39, 0.29) is 35.7 Å². The van der Waals surface area contributed by atoms with Gasteiger partial charge in [0.05, 0.1) is 34.4 Å². The smallest absolute Gasteiger partial charge is 0.339 e. The predicted octanol–water partition coefficient (Wildman–Crippen LogP) is 2.34. The second kappa shape index (κ2) is 7.83. The number of para-hydroxylation sites is 1. The number of nitrogen functional groups attached to an aromatic ring is 1. The molecule has 0 saturated carbocycles. The van der Waals surface area contributed by atoms with Crippen molar-refractivity contribution in [3.63, 3.8) is 0 Å². The van der Waals surface area contributed by atoms with E-state index in [1.807, 2.05) is 0 Å². The molecular weight excluding hydrogens is 362 g/mol. The summed E-state index contributed by atoms with van der Waals surface area (Å²) in [6.07, 6.45) is 0. The second-order valence-electron chi connectivity index (χ2n) is 6.06. The number of carbonyl (C=O) groups is 2. The van der Waals surface area contributed by atoms with Gasteiger partial charge in [0.25, 0.3) is 5.91 Å². The van der Waals surface area contributed by atoms with Gasteiger partial charge in [0, 0.05) is 0 Å². The molecular formula is C20H19N3O5. The number of pyridine rings is 1. The number of carbonyl (C=O) groups excluding carboxylic acids is 1. The van der Waals surface area contributed by atoms with Crippen LogP contribution in [0.5, 0.6) is 11.5 Å². The summed E-state index contributed by atoms with van der Waals surface area (Å²) in [5.74, 6) is -1.31. The Labute approximate surface area is 160 Å². The molecule has 0 aliphatic rings. The SMILES string of the molecule is Cc1nc2cccc(OCCNC(=O)c3ccccc3O)c2c(N)c1C(=O)O. The van der Waals surface area contributed by atoms with E-state index in [0.29, 0.717) is 22.3 Å². The summed E-state index contributed by atoms with van der Waals surface area (Å²) in [5, 5.41) is 22.1. The highest BCUT2D eigenvalue weighted by Crippen LogP contribution is 2.33. The summed E-state index contributed by atoms with van der Waals surface area (Å²) in [6, 6.07) is 11.3. The monoisotopic (exact) mass is 381 g/mol. The lowest BCUT2D eigenvalue weighted by atomic mass is 10.1. The zero-order valence-corrected chi connectivity index (χ0v) is 15.1. The van der Waals surface area contributed by atoms with Crippen LogP contribution in [0.3, 0.4) is 0 Å². The molecule has 0 aliphatic heterocycles. The summed E-state index contributed by atoms with van der Waals surface area (Å²) in [5.41, 5.74) is 7.11. The van der Waals surface area contributed by atoms with Crippen molar-refractivity contribution in [3.05, 3.63) is 59.3 Å². The van der Waals surface area contributed by atoms with Crippen molar-refractivity contribution in [1.82, 2.24) is 10.3 Å². The van der Waals surface area contributed by atoms with Crippen LogP contribution < -0.4 is 15.8 Å². The minimum atomic E-state index is -1.16. The zero-order chi connectivity index (χ0) is 20.3. The number of aryl methyl sites for hydroxylation is 1. The molecule has 8 nitrogen and oxygen atoms in total. The lowest BCUT2D eigenvalue weighted by Gasteiger charge is -2.14. The number of nitrogens with two attached hydrogens (primary N) is 1. The van der Waals surface area contributed by atoms with Gasteiger partial charge in [-0.05, 0) is 31.2 Å². The van der Waals surface area contributed by atoms with E-state index in [9.17, 15) is 19.8 Å². The fourth-order valence-electron chi connectivity index (χ4n) is 2.92. The summed E-state index contributed by atoms with van der Waals surface area (Å²) >= 11 is 0. The second-order valence-corrected chi connectivity index (χ2v) is 6.06. The molecule has 1 amide bonds. The first-order chi connectivity index (χ1) is 13.4. The van der Waals surface area contributed by atoms with Gasteiger partial charge in [-0.25, -0.2) is 4.79 Å². The first-order valence-electron chi connectivity index (χ1n) is 8.51. The number of carboxylic acids is 1. The summed E-state index contributed by atoms with van der Waals surface area (Å²) in [6.45, 7) is 1.88. The minimum absolute atomic E-state index is 0.0589. The highest BCUT2D eigenvalue weighted by Gasteiger charge is 2.19. The highest BCUT2D eigenvalue weighted by atomic mass is 16.5. The number of hydrogen-bond donors (Lipinski definition) is 4. The van der Waals surface area contributed by atoms with Crippen LogP contribution in [-0.4, -0.2) is 40.2 Å². The number of phenolic OH excluding ortho intramolecular Hbond substituents is 1. The van der Waals surface area contributed by atoms with E-state index in [2.05, 4.69) is 10.3 Å². The fourth-order valence-corrected chi connectivity index (χ4v) is 2.92. The van der Waals surface area contributed by atoms with Crippen LogP contribution in [0.2, 0.25) is 0 Å². The van der Waals surface area contributed by atoms with Crippen LogP contribution in [0.4, 0.5) is 5.69 Å². The number of nitrogens with zero attached hydrogens (tertiary/aromatic N) is 1. The van der Waals surface area contributed by atoms with E-state index in [4.69, 9.17) is 10.5 Å². The topological polar surface area (TPSA) is 135 Å². The fraction of sp³-hybridized carbons (Fsp3) is 0.150. The number of aromatic hydroxyl groups is 1. The molecule has 0 aliphatic carbocycles. The number of amides is 1. The molecule has 1 heterocycles. The van der Waals surface area contributed by atoms with Gasteiger partial charge in [0.1, 0.15) is 23.7 Å². The quantitative estimate of drug-likeness (QED) is 0.481. The van der Waals surface area contributed by atoms with Crippen molar-refractivity contribution < 1.29 is 24.5 Å². The molecule has 0 atom stereocenters. The molecule has 5 N–H and O–H groups in total. The molecule has 28 heavy (non-hydrogen) atoms. The molecule has 0 bridgehead atoms. The van der Waals surface area contributed by atoms with Gasteiger partial charge < -0.3 is 26.0 Å². The number of ether oxygens (including phenoxy) is 1. The molecule has 0 saturated heterocycles. The Morgan fingerprint density at radius 2 is 1.93 bits per heavy atom. The number of anilines is 1. The van der Waals surface area contributed by atoms with Crippen molar-refractivity contribution >= 4 is 28.5 Å². The molecule has 3 aromatic rings. The summed E-state index contributed by atoms with van der Waals surface area (Å²) < 4.78 is 5.70. The van der Waals surface area contributed by atoms with E-state index in [1.165, 1.54) is 12.1 Å². The molecule has 8 heteroatoms. The minimum Gasteiger partial charge on any atom is -0.507 e. The third-order valence-electron chi connectivity index (χ3n) is 4.20. The van der Waals surface area contributed by atoms with Gasteiger partial charge in [-0.15, -0.1) is 0 Å². The maximum atomic E-state index is 12.1. The maximum Gasteiger partial charge on any atom is 0.339 e. The molecule has 0 spiro atoms. The van der Waals surface area contributed by atoms with Gasteiger partial charge in [-0.2, -0.15) is 0 Å². The van der Waals surface area contributed by atoms with Crippen LogP contribution in [0.1, 0.15) is 26.4 Å². The number of aromatic nitrogens is 1. The third kappa shape index (κ3) is 3.66. The Bertz CT molecular complexity index is 1070. The first kappa shape index (κ1) is 19.0. The van der Waals surface area contributed by atoms with Gasteiger partial charge in [-0.3, -0.25) is 9.78 Å². The maximum absolute atomic E-state index is 12.1. The Balaban J connectivity index is 1.74. The normalized spacial score (nSPS) is 10.6. The number of rotatable bonds is 6. The Kier molecular flexibility index (Phi) is 5.30. The Morgan fingerprint density at radius 1 is 1.18 bits per heavy atom. The first-order valence-corrected chi connectivity index (χ1v) is 8.51. The molecule has 144 valence electrons. The third-order valence-corrected chi connectivity index (χ3v) is 4.20. The average molecular weight is 381 g/mol. The standard InChI is InChI=1S/C20H19N3O5/c1-11-16(20(26)27)18(21)17-13(23-11)6-4-8-15(17)28-10-9-22-19(25)12-5-2-3-7-14(12)24/h2-8,24H,9-10H2,1H3,(H2,21,23)(H,22,25)(H,26,27). The van der Waals surface area contributed by atoms with Crippen molar-refractivity contribution in [1.29, 1.82) is 0 Å². The van der Waals surface area contributed by atoms with Crippen LogP contribution >= 0.6 is 0 Å². The zero-order valence-electron chi connectivity index (χ0n) is 15.1. The van der Waals surface area contributed by atoms with Crippen molar-refractivity contribution in [2.75, 3.05) is 18.9 Å². The molecule has 3 rings (SSSR count). The van der Waals surface area contributed by atoms with Crippen LogP contribution in [0.15, 0.2) is 42.5 Å². The lowest BCUT2D eigenvalue weighted by Crippen LogP contribution is -2.28. The highest BCUT2D eigenvalue weighted by molar-refractivity contribution is 6.06. The van der Waals surface area contributed by atoms with Crippen molar-refractivity contribution in [3.8, 4) is 11.5 Å². The number of aromatic carboxylic acids is 1. The predicted molar refractivity (Wildman–Crippen MR) is 104 cm³/mol. The Morgan fingerprint density at radius 3 is 2.64 bits per heavy atom. The Hall–Kier alpha value is -3.81. The number of hydrogen-bond acceptors (Lipinski definition) is 6. The molecule has 0 fully saturated rings. The van der Waals surface area contributed by atoms with Crippen LogP contribution in [-0.2, 0) is 0 Å². The van der Waals surface area contributed by atoms with Crippen molar-refractivity contribution in [2.24, 2.45) is 0 Å². The van der Waals surface area contributed by atoms with Gasteiger partial charge >= 0.3 is 5.97 Å². The van der Waals surface area contributed by atoms with Gasteiger partial charge in [-0.1, -0.05) is 18.2 Å².